The van der Waals surface area contributed by atoms with Crippen LogP contribution in [0.3, 0.4) is 0 Å². The van der Waals surface area contributed by atoms with Crippen molar-refractivity contribution in [1.82, 2.24) is 0 Å². The van der Waals surface area contributed by atoms with E-state index in [1.165, 1.54) is 11.1 Å². The predicted octanol–water partition coefficient (Wildman–Crippen LogP) is 7.42. The van der Waals surface area contributed by atoms with Crippen LogP contribution in [0.1, 0.15) is 38.8 Å². The summed E-state index contributed by atoms with van der Waals surface area (Å²) in [5.74, 6) is 0.637. The summed E-state index contributed by atoms with van der Waals surface area (Å²) in [4.78, 5) is 0. The van der Waals surface area contributed by atoms with Gasteiger partial charge >= 0.3 is 221 Å². The second-order valence-corrected chi connectivity index (χ2v) is 34.6. The molecule has 0 bridgehead atoms. The molecule has 2 aromatic rings. The van der Waals surface area contributed by atoms with Crippen molar-refractivity contribution < 1.29 is 17.1 Å². The van der Waals surface area contributed by atoms with Gasteiger partial charge in [-0.3, -0.25) is 0 Å². The maximum Gasteiger partial charge on any atom is -0.147 e. The molecule has 0 saturated heterocycles. The zero-order valence-corrected chi connectivity index (χ0v) is 32.5. The number of benzene rings is 2. The van der Waals surface area contributed by atoms with E-state index in [1.807, 2.05) is 3.88 Å². The van der Waals surface area contributed by atoms with Gasteiger partial charge in [0, 0.05) is 0 Å². The van der Waals surface area contributed by atoms with E-state index in [9.17, 15) is 0 Å². The first kappa shape index (κ1) is 37.2. The van der Waals surface area contributed by atoms with Gasteiger partial charge in [0.15, 0.2) is 0 Å². The first-order chi connectivity index (χ1) is 15.5. The van der Waals surface area contributed by atoms with Crippen molar-refractivity contribution in [3.05, 3.63) is 68.1 Å². The molecular weight excluding hydrogens is 599 g/mol. The van der Waals surface area contributed by atoms with Gasteiger partial charge < -0.3 is 0 Å². The van der Waals surface area contributed by atoms with Gasteiger partial charge in [-0.15, -0.1) is 37.2 Å². The van der Waals surface area contributed by atoms with E-state index in [1.54, 1.807) is 37.5 Å². The second-order valence-electron chi connectivity index (χ2n) is 12.9. The van der Waals surface area contributed by atoms with Gasteiger partial charge in [-0.2, -0.15) is 0 Å². The molecule has 207 valence electrons. The topological polar surface area (TPSA) is 0 Å². The molecule has 0 aromatic heterocycles. The molecule has 0 spiro atoms. The van der Waals surface area contributed by atoms with Crippen LogP contribution in [0.5, 0.6) is 0 Å². The molecule has 1 unspecified atom stereocenters. The summed E-state index contributed by atoms with van der Waals surface area (Å²) in [6.45, 7) is 28.0. The normalized spacial score (nSPS) is 15.9. The monoisotopic (exact) mass is 647 g/mol. The SMILES string of the molecule is CC1=C(C)C(C)[C]([Ti]([CH3])[SiH](c2cc(C)cc([Si](C)(C)C)c2)c2cc(C)cc([Si](C)(C)C)c2)=C1C.Cl.Cl.Cl. The Morgan fingerprint density at radius 2 is 1.00 bits per heavy atom. The van der Waals surface area contributed by atoms with Gasteiger partial charge in [0.25, 0.3) is 0 Å². The Balaban J connectivity index is 0.00000432. The average molecular weight is 649 g/mol. The second kappa shape index (κ2) is 13.7. The molecule has 0 amide bonds. The maximum atomic E-state index is 2.73. The number of aryl methyl sites for hydroxylation is 2. The van der Waals surface area contributed by atoms with Gasteiger partial charge in [-0.1, -0.05) is 0 Å². The van der Waals surface area contributed by atoms with Crippen LogP contribution in [0.25, 0.3) is 0 Å². The van der Waals surface area contributed by atoms with Crippen molar-refractivity contribution in [1.29, 1.82) is 0 Å². The summed E-state index contributed by atoms with van der Waals surface area (Å²) in [6.07, 6.45) is 0. The third-order valence-corrected chi connectivity index (χ3v) is 26.1. The maximum absolute atomic E-state index is 2.73. The molecule has 3 rings (SSSR count). The molecule has 0 nitrogen and oxygen atoms in total. The number of rotatable bonds is 6. The molecule has 1 aliphatic rings. The molecule has 37 heavy (non-hydrogen) atoms. The van der Waals surface area contributed by atoms with E-state index in [0.29, 0.717) is 5.92 Å². The van der Waals surface area contributed by atoms with E-state index in [4.69, 9.17) is 0 Å². The number of hydrogen-bond donors (Lipinski definition) is 0. The quantitative estimate of drug-likeness (QED) is 0.286. The van der Waals surface area contributed by atoms with Crippen molar-refractivity contribution >= 4 is 80.8 Å². The molecule has 1 atom stereocenters. The Morgan fingerprint density at radius 3 is 1.30 bits per heavy atom. The summed E-state index contributed by atoms with van der Waals surface area (Å²) in [5, 5.41) is 9.44. The fourth-order valence-corrected chi connectivity index (χ4v) is 24.0. The van der Waals surface area contributed by atoms with Crippen LogP contribution in [0, 0.1) is 19.8 Å². The first-order valence-corrected chi connectivity index (χ1v) is 26.8. The van der Waals surface area contributed by atoms with Gasteiger partial charge in [0.05, 0.1) is 0 Å². The minimum Gasteiger partial charge on any atom is -0.147 e. The van der Waals surface area contributed by atoms with E-state index < -0.39 is 39.9 Å². The van der Waals surface area contributed by atoms with E-state index in [2.05, 4.69) is 122 Å². The van der Waals surface area contributed by atoms with Gasteiger partial charge in [-0.25, -0.2) is 0 Å². The van der Waals surface area contributed by atoms with Crippen LogP contribution in [0.15, 0.2) is 57.0 Å². The van der Waals surface area contributed by atoms with Crippen molar-refractivity contribution in [2.24, 2.45) is 5.92 Å². The molecule has 0 fully saturated rings. The summed E-state index contributed by atoms with van der Waals surface area (Å²) < 4.78 is 1.87. The van der Waals surface area contributed by atoms with Gasteiger partial charge in [-0.05, 0) is 0 Å². The zero-order valence-electron chi connectivity index (χ0n) is 25.3. The molecule has 7 heteroatoms. The number of allylic oxidation sites excluding steroid dienone is 4. The van der Waals surface area contributed by atoms with Gasteiger partial charge in [0.2, 0.25) is 0 Å². The minimum atomic E-state index is -1.56. The molecule has 0 saturated carbocycles. The van der Waals surface area contributed by atoms with Crippen LogP contribution in [0.2, 0.25) is 44.5 Å². The molecule has 0 radical (unpaired) electrons. The van der Waals surface area contributed by atoms with Crippen LogP contribution in [-0.4, -0.2) is 22.8 Å². The molecule has 2 aromatic carbocycles. The Morgan fingerprint density at radius 1 is 0.622 bits per heavy atom. The fraction of sp³-hybridized carbons (Fsp3) is 0.467. The van der Waals surface area contributed by atoms with Crippen molar-refractivity contribution in [3.8, 4) is 0 Å². The largest absolute Gasteiger partial charge is 0.147 e. The Kier molecular flexibility index (Phi) is 13.7. The van der Waals surface area contributed by atoms with Crippen LogP contribution >= 0.6 is 37.2 Å². The predicted molar refractivity (Wildman–Crippen MR) is 183 cm³/mol. The summed E-state index contributed by atoms with van der Waals surface area (Å²) >= 11 is -1.56. The van der Waals surface area contributed by atoms with Gasteiger partial charge in [0.1, 0.15) is 0 Å². The average Bonchev–Trinajstić information content (AvgIpc) is 2.89. The van der Waals surface area contributed by atoms with Crippen LogP contribution in [-0.2, 0) is 17.1 Å². The van der Waals surface area contributed by atoms with Crippen LogP contribution in [0.4, 0.5) is 0 Å². The van der Waals surface area contributed by atoms with Crippen LogP contribution < -0.4 is 20.7 Å². The molecule has 0 N–H and O–H groups in total. The minimum absolute atomic E-state index is 0. The smallest absolute Gasteiger partial charge is 0.147 e. The molecule has 0 heterocycles. The molecule has 1 aliphatic carbocycles. The summed E-state index contributed by atoms with van der Waals surface area (Å²) in [5.41, 5.74) is 7.75. The number of halogens is 3. The van der Waals surface area contributed by atoms with Crippen molar-refractivity contribution in [2.75, 3.05) is 0 Å². The summed E-state index contributed by atoms with van der Waals surface area (Å²) in [6, 6.07) is 15.5. The molecular formula is C30H50Cl3Si3Ti. The number of hydrogen-bond acceptors (Lipinski definition) is 0. The fourth-order valence-electron chi connectivity index (χ4n) is 5.67. The zero-order chi connectivity index (χ0) is 25.7. The van der Waals surface area contributed by atoms with Crippen molar-refractivity contribution in [3.63, 3.8) is 0 Å². The van der Waals surface area contributed by atoms with Crippen molar-refractivity contribution in [2.45, 2.75) is 86.1 Å². The van der Waals surface area contributed by atoms with E-state index >= 15 is 0 Å². The third kappa shape index (κ3) is 8.10. The molecule has 0 aliphatic heterocycles. The van der Waals surface area contributed by atoms with E-state index in [0.717, 1.165) is 0 Å². The Bertz CT molecular complexity index is 1110. The Labute approximate surface area is 256 Å². The first-order valence-electron chi connectivity index (χ1n) is 13.0. The summed E-state index contributed by atoms with van der Waals surface area (Å²) in [7, 11) is -2.77. The third-order valence-electron chi connectivity index (χ3n) is 8.10. The standard InChI is InChI=1S/C20H31Si3.C9H13.CH3.3ClH.Ti/c1-15-9-17(13-19(11-15)22(3,4)5)21-18-10-16(2)12-20(14-18)23(6,7)8;1-6-5-7(2)9(4)8(6)3;;;;;/h9-14,21H,1-8H3;6H,1-4H3;1H3;3*1H;. The van der Waals surface area contributed by atoms with E-state index in [-0.39, 0.29) is 37.2 Å². The Hall–Kier alpha value is 0.155.